The van der Waals surface area contributed by atoms with E-state index < -0.39 is 0 Å². The van der Waals surface area contributed by atoms with Crippen LogP contribution in [0.3, 0.4) is 0 Å². The van der Waals surface area contributed by atoms with Gasteiger partial charge in [-0.3, -0.25) is 0 Å². The molecule has 3 rings (SSSR count). The van der Waals surface area contributed by atoms with E-state index in [1.807, 2.05) is 17.8 Å². The molecular formula is C16H18ClNS2. The van der Waals surface area contributed by atoms with Gasteiger partial charge in [-0.1, -0.05) is 36.7 Å². The minimum Gasteiger partial charge on any atom is -0.313 e. The number of thioether (sulfide) groups is 1. The van der Waals surface area contributed by atoms with Crippen molar-refractivity contribution in [2.75, 3.05) is 6.54 Å². The molecule has 1 aromatic carbocycles. The molecule has 1 aliphatic rings. The van der Waals surface area contributed by atoms with Crippen molar-refractivity contribution in [3.8, 4) is 0 Å². The Balaban J connectivity index is 1.72. The van der Waals surface area contributed by atoms with Gasteiger partial charge in [0.1, 0.15) is 0 Å². The molecule has 0 spiro atoms. The van der Waals surface area contributed by atoms with Gasteiger partial charge in [-0.2, -0.15) is 0 Å². The number of nitrogens with one attached hydrogen (secondary N) is 1. The Bertz CT molecular complexity index is 556. The fraction of sp³-hybridized carbons (Fsp3) is 0.375. The van der Waals surface area contributed by atoms with Gasteiger partial charge in [0.15, 0.2) is 0 Å². The van der Waals surface area contributed by atoms with Crippen LogP contribution < -0.4 is 5.32 Å². The molecule has 1 aliphatic heterocycles. The minimum atomic E-state index is 0.507. The lowest BCUT2D eigenvalue weighted by Gasteiger charge is -2.23. The lowest BCUT2D eigenvalue weighted by Crippen LogP contribution is -2.39. The van der Waals surface area contributed by atoms with E-state index in [9.17, 15) is 0 Å². The molecule has 2 aromatic rings. The molecule has 1 N–H and O–H groups in total. The summed E-state index contributed by atoms with van der Waals surface area (Å²) < 4.78 is 0.887. The van der Waals surface area contributed by atoms with E-state index in [0.717, 1.165) is 23.7 Å². The van der Waals surface area contributed by atoms with E-state index in [4.69, 9.17) is 11.6 Å². The number of hydrogen-bond donors (Lipinski definition) is 1. The van der Waals surface area contributed by atoms with E-state index in [1.165, 1.54) is 15.3 Å². The summed E-state index contributed by atoms with van der Waals surface area (Å²) in [4.78, 5) is 2.82. The zero-order chi connectivity index (χ0) is 13.9. The summed E-state index contributed by atoms with van der Waals surface area (Å²) in [6.07, 6.45) is 2.23. The molecule has 1 nitrogen and oxygen atoms in total. The summed E-state index contributed by atoms with van der Waals surface area (Å²) in [5.74, 6) is 0. The molecule has 2 heterocycles. The van der Waals surface area contributed by atoms with Crippen LogP contribution in [-0.4, -0.2) is 17.8 Å². The summed E-state index contributed by atoms with van der Waals surface area (Å²) in [5.41, 5.74) is 1.50. The lowest BCUT2D eigenvalue weighted by atomic mass is 10.0. The maximum atomic E-state index is 6.05. The Labute approximate surface area is 133 Å². The molecule has 0 saturated carbocycles. The van der Waals surface area contributed by atoms with Gasteiger partial charge in [-0.25, -0.2) is 0 Å². The number of thiophene rings is 1. The molecule has 106 valence electrons. The third kappa shape index (κ3) is 3.22. The molecule has 2 atom stereocenters. The monoisotopic (exact) mass is 323 g/mol. The summed E-state index contributed by atoms with van der Waals surface area (Å²) in [5, 5.41) is 4.28. The number of benzene rings is 1. The van der Waals surface area contributed by atoms with E-state index >= 15 is 0 Å². The Hall–Kier alpha value is -0.480. The van der Waals surface area contributed by atoms with Crippen LogP contribution in [0.15, 0.2) is 41.3 Å². The van der Waals surface area contributed by atoms with Crippen LogP contribution in [0.1, 0.15) is 17.4 Å². The maximum Gasteiger partial charge on any atom is 0.0931 e. The fourth-order valence-corrected chi connectivity index (χ4v) is 5.26. The van der Waals surface area contributed by atoms with E-state index in [-0.39, 0.29) is 0 Å². The van der Waals surface area contributed by atoms with Crippen LogP contribution >= 0.6 is 34.7 Å². The highest BCUT2D eigenvalue weighted by atomic mass is 35.5. The second kappa shape index (κ2) is 6.52. The summed E-state index contributed by atoms with van der Waals surface area (Å²) in [6, 6.07) is 13.4. The number of halogens is 1. The van der Waals surface area contributed by atoms with Crippen LogP contribution in [-0.2, 0) is 12.8 Å². The van der Waals surface area contributed by atoms with Gasteiger partial charge in [0.05, 0.1) is 4.34 Å². The first-order chi connectivity index (χ1) is 9.76. The molecule has 2 unspecified atom stereocenters. The number of fused-ring (bicyclic) bond motifs is 1. The van der Waals surface area contributed by atoms with Crippen molar-refractivity contribution in [2.45, 2.75) is 36.0 Å². The fourth-order valence-electron chi connectivity index (χ4n) is 2.71. The first-order valence-electron chi connectivity index (χ1n) is 6.98. The van der Waals surface area contributed by atoms with Crippen LogP contribution in [0.5, 0.6) is 0 Å². The van der Waals surface area contributed by atoms with Crippen LogP contribution in [0.25, 0.3) is 0 Å². The average molecular weight is 324 g/mol. The number of hydrogen-bond acceptors (Lipinski definition) is 3. The SMILES string of the molecule is CCNC(Cc1ccc(Cl)s1)C1Cc2ccccc2S1. The quantitative estimate of drug-likeness (QED) is 0.860. The minimum absolute atomic E-state index is 0.507. The van der Waals surface area contributed by atoms with Crippen LogP contribution in [0.4, 0.5) is 0 Å². The lowest BCUT2D eigenvalue weighted by molar-refractivity contribution is 0.508. The first-order valence-corrected chi connectivity index (χ1v) is 9.06. The third-order valence-electron chi connectivity index (χ3n) is 3.64. The second-order valence-corrected chi connectivity index (χ2v) is 8.12. The highest BCUT2D eigenvalue weighted by Gasteiger charge is 2.29. The van der Waals surface area contributed by atoms with Crippen LogP contribution in [0.2, 0.25) is 4.34 Å². The van der Waals surface area contributed by atoms with Crippen LogP contribution in [0, 0.1) is 0 Å². The number of likely N-dealkylation sites (N-methyl/N-ethyl adjacent to an activating group) is 1. The Morgan fingerprint density at radius 2 is 2.15 bits per heavy atom. The van der Waals surface area contributed by atoms with Gasteiger partial charge in [0.25, 0.3) is 0 Å². The highest BCUT2D eigenvalue weighted by Crippen LogP contribution is 2.39. The highest BCUT2D eigenvalue weighted by molar-refractivity contribution is 8.00. The first kappa shape index (κ1) is 14.5. The molecule has 4 heteroatoms. The normalized spacial score (nSPS) is 19.0. The van der Waals surface area contributed by atoms with E-state index in [2.05, 4.69) is 42.6 Å². The van der Waals surface area contributed by atoms with Crippen molar-refractivity contribution >= 4 is 34.7 Å². The third-order valence-corrected chi connectivity index (χ3v) is 6.34. The van der Waals surface area contributed by atoms with Gasteiger partial charge in [-0.05, 0) is 43.1 Å². The second-order valence-electron chi connectivity index (χ2n) is 5.04. The molecule has 0 amide bonds. The Morgan fingerprint density at radius 1 is 1.30 bits per heavy atom. The zero-order valence-corrected chi connectivity index (χ0v) is 13.8. The van der Waals surface area contributed by atoms with E-state index in [1.54, 1.807) is 11.3 Å². The predicted molar refractivity (Wildman–Crippen MR) is 90.3 cm³/mol. The molecule has 0 bridgehead atoms. The van der Waals surface area contributed by atoms with Gasteiger partial charge in [-0.15, -0.1) is 23.1 Å². The van der Waals surface area contributed by atoms with E-state index in [0.29, 0.717) is 11.3 Å². The Kier molecular flexibility index (Phi) is 4.72. The van der Waals surface area contributed by atoms with Crippen molar-refractivity contribution in [1.82, 2.24) is 5.32 Å². The smallest absolute Gasteiger partial charge is 0.0931 e. The van der Waals surface area contributed by atoms with Crippen molar-refractivity contribution in [2.24, 2.45) is 0 Å². The standard InChI is InChI=1S/C16H18ClNS2/c1-2-18-13(10-12-7-8-16(17)19-12)15-9-11-5-3-4-6-14(11)20-15/h3-8,13,15,18H,2,9-10H2,1H3. The molecule has 20 heavy (non-hydrogen) atoms. The molecule has 1 aromatic heterocycles. The number of rotatable bonds is 5. The van der Waals surface area contributed by atoms with Crippen molar-refractivity contribution in [3.63, 3.8) is 0 Å². The van der Waals surface area contributed by atoms with Crippen molar-refractivity contribution in [1.29, 1.82) is 0 Å². The molecule has 0 aliphatic carbocycles. The summed E-state index contributed by atoms with van der Waals surface area (Å²) in [7, 11) is 0. The molecule has 0 radical (unpaired) electrons. The molecule has 0 fully saturated rings. The van der Waals surface area contributed by atoms with Gasteiger partial charge < -0.3 is 5.32 Å². The van der Waals surface area contributed by atoms with Crippen molar-refractivity contribution in [3.05, 3.63) is 51.2 Å². The summed E-state index contributed by atoms with van der Waals surface area (Å²) >= 11 is 9.77. The van der Waals surface area contributed by atoms with Gasteiger partial charge in [0.2, 0.25) is 0 Å². The average Bonchev–Trinajstić information content (AvgIpc) is 3.04. The molecular weight excluding hydrogens is 306 g/mol. The maximum absolute atomic E-state index is 6.05. The zero-order valence-electron chi connectivity index (χ0n) is 11.4. The topological polar surface area (TPSA) is 12.0 Å². The largest absolute Gasteiger partial charge is 0.313 e. The van der Waals surface area contributed by atoms with Crippen molar-refractivity contribution < 1.29 is 0 Å². The Morgan fingerprint density at radius 3 is 2.85 bits per heavy atom. The van der Waals surface area contributed by atoms with Gasteiger partial charge in [0, 0.05) is 21.1 Å². The predicted octanol–water partition coefficient (Wildman–Crippen LogP) is 4.64. The molecule has 0 saturated heterocycles. The van der Waals surface area contributed by atoms with Gasteiger partial charge >= 0.3 is 0 Å². The summed E-state index contributed by atoms with van der Waals surface area (Å²) in [6.45, 7) is 3.19.